The van der Waals surface area contributed by atoms with Crippen molar-refractivity contribution in [2.24, 2.45) is 0 Å². The van der Waals surface area contributed by atoms with Gasteiger partial charge in [-0.05, 0) is 0 Å². The van der Waals surface area contributed by atoms with E-state index in [1.807, 2.05) is 0 Å². The van der Waals surface area contributed by atoms with E-state index in [-0.39, 0.29) is 0 Å². The minimum atomic E-state index is -1.13. The number of hydrogen-bond acceptors (Lipinski definition) is 0. The summed E-state index contributed by atoms with van der Waals surface area (Å²) in [6.45, 7) is 12.9. The average Bonchev–Trinajstić information content (AvgIpc) is 2.15. The van der Waals surface area contributed by atoms with Crippen LogP contribution in [-0.2, 0) is 0 Å². The van der Waals surface area contributed by atoms with Gasteiger partial charge in [-0.15, -0.1) is 0 Å². The second-order valence-electron chi connectivity index (χ2n) is 7.78. The molecule has 2 atom stereocenters. The summed E-state index contributed by atoms with van der Waals surface area (Å²) in [5.74, 6) is 0. The van der Waals surface area contributed by atoms with Crippen molar-refractivity contribution >= 4 is 7.26 Å². The molecule has 0 N–H and O–H groups in total. The summed E-state index contributed by atoms with van der Waals surface area (Å²) in [5.41, 5.74) is 1.06. The van der Waals surface area contributed by atoms with Gasteiger partial charge in [-0.25, -0.2) is 0 Å². The third-order valence-electron chi connectivity index (χ3n) is 6.17. The molecule has 0 aromatic heterocycles. The maximum atomic E-state index is 2.67. The first-order chi connectivity index (χ1) is 7.33. The van der Waals surface area contributed by atoms with Crippen molar-refractivity contribution < 1.29 is 0 Å². The average molecular weight is 242 g/mol. The molecule has 2 aliphatic heterocycles. The van der Waals surface area contributed by atoms with E-state index >= 15 is 0 Å². The van der Waals surface area contributed by atoms with Gasteiger partial charge in [0.2, 0.25) is 0 Å². The predicted molar refractivity (Wildman–Crippen MR) is 78.5 cm³/mol. The normalized spacial score (nSPS) is 41.2. The van der Waals surface area contributed by atoms with Crippen LogP contribution in [0, 0.1) is 0 Å². The Morgan fingerprint density at radius 2 is 1.69 bits per heavy atom. The van der Waals surface area contributed by atoms with Gasteiger partial charge in [-0.3, -0.25) is 0 Å². The number of rotatable bonds is 0. The summed E-state index contributed by atoms with van der Waals surface area (Å²) in [6.07, 6.45) is 10.8. The molecule has 2 saturated heterocycles. The summed E-state index contributed by atoms with van der Waals surface area (Å²) < 4.78 is 0. The molecule has 16 heavy (non-hydrogen) atoms. The predicted octanol–water partition coefficient (Wildman–Crippen LogP) is 5.05. The summed E-state index contributed by atoms with van der Waals surface area (Å²) >= 11 is 0. The summed E-state index contributed by atoms with van der Waals surface area (Å²) in [6, 6.07) is 0. The van der Waals surface area contributed by atoms with Crippen molar-refractivity contribution in [1.82, 2.24) is 0 Å². The first kappa shape index (κ1) is 12.9. The topological polar surface area (TPSA) is 0 Å². The first-order valence-corrected chi connectivity index (χ1v) is 9.62. The monoisotopic (exact) mass is 242 g/mol. The zero-order valence-electron chi connectivity index (χ0n) is 12.0. The molecule has 2 aliphatic rings. The first-order valence-electron chi connectivity index (χ1n) is 7.33. The SMILES string of the molecule is CC1CCCC2(C)CCCC[PH]12C(C)(C)C. The van der Waals surface area contributed by atoms with E-state index in [9.17, 15) is 0 Å². The molecule has 0 amide bonds. The van der Waals surface area contributed by atoms with E-state index in [1.54, 1.807) is 19.0 Å². The molecule has 0 nitrogen and oxygen atoms in total. The van der Waals surface area contributed by atoms with Crippen LogP contribution in [-0.4, -0.2) is 22.1 Å². The molecule has 0 radical (unpaired) electrons. The third-order valence-corrected chi connectivity index (χ3v) is 14.6. The van der Waals surface area contributed by atoms with E-state index in [0.29, 0.717) is 5.16 Å². The van der Waals surface area contributed by atoms with Crippen molar-refractivity contribution in [3.8, 4) is 0 Å². The quantitative estimate of drug-likeness (QED) is 0.521. The second kappa shape index (κ2) is 3.98. The molecule has 2 rings (SSSR count). The molecule has 0 aromatic carbocycles. The van der Waals surface area contributed by atoms with Crippen LogP contribution in [0.15, 0.2) is 0 Å². The molecule has 1 heteroatoms. The fraction of sp³-hybridized carbons (Fsp3) is 1.00. The Balaban J connectivity index is 2.46. The molecule has 0 aromatic rings. The standard InChI is InChI=1S/C15H31P/c1-13-9-8-11-15(5)10-6-7-12-16(13,15)14(2,3)4/h13,16H,6-12H2,1-5H3. The van der Waals surface area contributed by atoms with Crippen molar-refractivity contribution in [1.29, 1.82) is 0 Å². The molecule has 0 saturated carbocycles. The van der Waals surface area contributed by atoms with Crippen LogP contribution in [0.25, 0.3) is 0 Å². The summed E-state index contributed by atoms with van der Waals surface area (Å²) in [5, 5.41) is 1.38. The zero-order valence-corrected chi connectivity index (χ0v) is 13.0. The Morgan fingerprint density at radius 1 is 1.06 bits per heavy atom. The van der Waals surface area contributed by atoms with Crippen molar-refractivity contribution in [2.75, 3.05) is 6.16 Å². The third kappa shape index (κ3) is 1.59. The van der Waals surface area contributed by atoms with Gasteiger partial charge in [-0.2, -0.15) is 0 Å². The number of hydrogen-bond donors (Lipinski definition) is 0. The summed E-state index contributed by atoms with van der Waals surface area (Å²) in [4.78, 5) is 0. The fourth-order valence-electron chi connectivity index (χ4n) is 5.70. The van der Waals surface area contributed by atoms with Gasteiger partial charge >= 0.3 is 103 Å². The molecule has 0 aliphatic carbocycles. The van der Waals surface area contributed by atoms with E-state index in [0.717, 1.165) is 10.8 Å². The van der Waals surface area contributed by atoms with Crippen molar-refractivity contribution in [2.45, 2.75) is 89.1 Å². The molecule has 2 heterocycles. The van der Waals surface area contributed by atoms with Crippen LogP contribution in [0.4, 0.5) is 0 Å². The Kier molecular flexibility index (Phi) is 3.20. The molecular weight excluding hydrogens is 211 g/mol. The van der Waals surface area contributed by atoms with E-state index in [1.165, 1.54) is 25.7 Å². The molecule has 2 fully saturated rings. The van der Waals surface area contributed by atoms with Crippen LogP contribution >= 0.6 is 7.26 Å². The van der Waals surface area contributed by atoms with Crippen LogP contribution in [0.2, 0.25) is 0 Å². The molecule has 96 valence electrons. The van der Waals surface area contributed by atoms with Crippen molar-refractivity contribution in [3.63, 3.8) is 0 Å². The zero-order chi connectivity index (χ0) is 12.0. The van der Waals surface area contributed by atoms with Crippen LogP contribution in [0.5, 0.6) is 0 Å². The molecular formula is C15H31P. The van der Waals surface area contributed by atoms with Gasteiger partial charge < -0.3 is 0 Å². The van der Waals surface area contributed by atoms with Crippen LogP contribution in [0.3, 0.4) is 0 Å². The van der Waals surface area contributed by atoms with Crippen molar-refractivity contribution in [3.05, 3.63) is 0 Å². The van der Waals surface area contributed by atoms with E-state index in [2.05, 4.69) is 34.6 Å². The van der Waals surface area contributed by atoms with Gasteiger partial charge in [0.25, 0.3) is 0 Å². The Bertz CT molecular complexity index is 261. The van der Waals surface area contributed by atoms with Crippen LogP contribution in [0.1, 0.15) is 73.1 Å². The van der Waals surface area contributed by atoms with Gasteiger partial charge in [0, 0.05) is 0 Å². The van der Waals surface area contributed by atoms with Gasteiger partial charge in [0.15, 0.2) is 0 Å². The van der Waals surface area contributed by atoms with E-state index in [4.69, 9.17) is 0 Å². The molecule has 0 spiro atoms. The van der Waals surface area contributed by atoms with Gasteiger partial charge in [0.1, 0.15) is 0 Å². The second-order valence-corrected chi connectivity index (χ2v) is 13.9. The Hall–Kier alpha value is 0.430. The van der Waals surface area contributed by atoms with Gasteiger partial charge in [-0.1, -0.05) is 0 Å². The fourth-order valence-corrected chi connectivity index (χ4v) is 14.8. The molecule has 0 bridgehead atoms. The minimum absolute atomic E-state index is 0.613. The number of fused-ring (bicyclic) bond motifs is 1. The van der Waals surface area contributed by atoms with E-state index < -0.39 is 7.26 Å². The maximum absolute atomic E-state index is 2.67. The Morgan fingerprint density at radius 3 is 2.25 bits per heavy atom. The Labute approximate surface area is 103 Å². The summed E-state index contributed by atoms with van der Waals surface area (Å²) in [7, 11) is -1.13. The van der Waals surface area contributed by atoms with Crippen LogP contribution < -0.4 is 0 Å². The van der Waals surface area contributed by atoms with Gasteiger partial charge in [0.05, 0.1) is 0 Å². The molecule has 2 unspecified atom stereocenters.